The van der Waals surface area contributed by atoms with Crippen molar-refractivity contribution in [1.29, 1.82) is 0 Å². The normalized spacial score (nSPS) is 13.0. The average molecular weight is 270 g/mol. The van der Waals surface area contributed by atoms with Gasteiger partial charge in [0.25, 0.3) is 0 Å². The van der Waals surface area contributed by atoms with E-state index in [1.807, 2.05) is 0 Å². The summed E-state index contributed by atoms with van der Waals surface area (Å²) in [6, 6.07) is 24.6. The zero-order valence-corrected chi connectivity index (χ0v) is 12.4. The molecule has 0 bridgehead atoms. The first kappa shape index (κ1) is 12.4. The van der Waals surface area contributed by atoms with Crippen LogP contribution in [0.5, 0.6) is 0 Å². The number of benzene rings is 3. The maximum absolute atomic E-state index is 2.33. The molecule has 0 heterocycles. The largest absolute Gasteiger partial charge is 0.0622 e. The van der Waals surface area contributed by atoms with Crippen LogP contribution in [0.2, 0.25) is 0 Å². The number of aryl methyl sites for hydroxylation is 2. The van der Waals surface area contributed by atoms with Crippen LogP contribution in [0, 0.1) is 13.8 Å². The standard InChI is InChI=1S/C21H18/c1-14-8-10-17-19(12-14)20-13-15(2)9-11-18(20)21(17)16-6-4-3-5-7-16/h3-13,21H,1-2H3. The van der Waals surface area contributed by atoms with Crippen molar-refractivity contribution in [2.45, 2.75) is 19.8 Å². The summed E-state index contributed by atoms with van der Waals surface area (Å²) in [5.74, 6) is 0.373. The van der Waals surface area contributed by atoms with E-state index in [1.165, 1.54) is 38.9 Å². The van der Waals surface area contributed by atoms with Crippen molar-refractivity contribution in [1.82, 2.24) is 0 Å². The Morgan fingerprint density at radius 2 is 1.14 bits per heavy atom. The minimum atomic E-state index is 0.373. The fourth-order valence-electron chi connectivity index (χ4n) is 3.48. The molecule has 4 rings (SSSR count). The SMILES string of the molecule is Cc1ccc2c(c1)-c1cc(C)ccc1C2c1ccccc1. The van der Waals surface area contributed by atoms with E-state index >= 15 is 0 Å². The lowest BCUT2D eigenvalue weighted by molar-refractivity contribution is 1.01. The zero-order chi connectivity index (χ0) is 14.4. The van der Waals surface area contributed by atoms with Crippen LogP contribution in [0.3, 0.4) is 0 Å². The Morgan fingerprint density at radius 3 is 1.67 bits per heavy atom. The molecule has 0 heteroatoms. The highest BCUT2D eigenvalue weighted by atomic mass is 14.3. The van der Waals surface area contributed by atoms with E-state index in [1.54, 1.807) is 0 Å². The summed E-state index contributed by atoms with van der Waals surface area (Å²) >= 11 is 0. The maximum Gasteiger partial charge on any atom is 0.0352 e. The molecule has 0 amide bonds. The van der Waals surface area contributed by atoms with Gasteiger partial charge in [0.05, 0.1) is 0 Å². The van der Waals surface area contributed by atoms with Gasteiger partial charge in [-0.05, 0) is 41.7 Å². The smallest absolute Gasteiger partial charge is 0.0352 e. The van der Waals surface area contributed by atoms with Crippen LogP contribution in [0.15, 0.2) is 66.7 Å². The Morgan fingerprint density at radius 1 is 0.619 bits per heavy atom. The highest BCUT2D eigenvalue weighted by Gasteiger charge is 2.29. The summed E-state index contributed by atoms with van der Waals surface area (Å²) in [5.41, 5.74) is 9.72. The second-order valence-electron chi connectivity index (χ2n) is 6.03. The van der Waals surface area contributed by atoms with E-state index < -0.39 is 0 Å². The number of hydrogen-bond donors (Lipinski definition) is 0. The van der Waals surface area contributed by atoms with Crippen LogP contribution in [0.4, 0.5) is 0 Å². The molecular formula is C21H18. The molecule has 1 aliphatic rings. The molecule has 1 aliphatic carbocycles. The molecule has 21 heavy (non-hydrogen) atoms. The van der Waals surface area contributed by atoms with Gasteiger partial charge in [0.15, 0.2) is 0 Å². The van der Waals surface area contributed by atoms with Crippen molar-refractivity contribution in [3.8, 4) is 11.1 Å². The molecule has 102 valence electrons. The molecule has 3 aromatic carbocycles. The third kappa shape index (κ3) is 1.91. The van der Waals surface area contributed by atoms with Crippen molar-refractivity contribution >= 4 is 0 Å². The Kier molecular flexibility index (Phi) is 2.71. The molecule has 0 atom stereocenters. The summed E-state index contributed by atoms with van der Waals surface area (Å²) in [7, 11) is 0. The van der Waals surface area contributed by atoms with Crippen LogP contribution >= 0.6 is 0 Å². The van der Waals surface area contributed by atoms with Gasteiger partial charge in [0.2, 0.25) is 0 Å². The molecule has 0 N–H and O–H groups in total. The Balaban J connectivity index is 2.02. The fraction of sp³-hybridized carbons (Fsp3) is 0.143. The summed E-state index contributed by atoms with van der Waals surface area (Å²) in [6.45, 7) is 4.34. The second-order valence-corrected chi connectivity index (χ2v) is 6.03. The molecule has 3 aromatic rings. The Labute approximate surface area is 126 Å². The van der Waals surface area contributed by atoms with Crippen molar-refractivity contribution < 1.29 is 0 Å². The van der Waals surface area contributed by atoms with Gasteiger partial charge in [-0.3, -0.25) is 0 Å². The van der Waals surface area contributed by atoms with E-state index in [0.717, 1.165) is 0 Å². The maximum atomic E-state index is 2.33. The topological polar surface area (TPSA) is 0 Å². The third-order valence-electron chi connectivity index (χ3n) is 4.46. The molecule has 0 unspecified atom stereocenters. The predicted molar refractivity (Wildman–Crippen MR) is 88.7 cm³/mol. The number of hydrogen-bond acceptors (Lipinski definition) is 0. The highest BCUT2D eigenvalue weighted by molar-refractivity contribution is 5.81. The summed E-state index contributed by atoms with van der Waals surface area (Å²) < 4.78 is 0. The van der Waals surface area contributed by atoms with Gasteiger partial charge in [-0.1, -0.05) is 77.9 Å². The van der Waals surface area contributed by atoms with Crippen molar-refractivity contribution in [3.05, 3.63) is 94.5 Å². The average Bonchev–Trinajstić information content (AvgIpc) is 2.81. The monoisotopic (exact) mass is 270 g/mol. The van der Waals surface area contributed by atoms with E-state index in [0.29, 0.717) is 5.92 Å². The summed E-state index contributed by atoms with van der Waals surface area (Å²) in [4.78, 5) is 0. The van der Waals surface area contributed by atoms with E-state index in [9.17, 15) is 0 Å². The second kappa shape index (κ2) is 4.60. The van der Waals surface area contributed by atoms with Gasteiger partial charge in [0.1, 0.15) is 0 Å². The lowest BCUT2D eigenvalue weighted by Gasteiger charge is -2.14. The number of rotatable bonds is 1. The van der Waals surface area contributed by atoms with Crippen LogP contribution in [0.25, 0.3) is 11.1 Å². The molecule has 0 nitrogen and oxygen atoms in total. The first-order valence-electron chi connectivity index (χ1n) is 7.50. The first-order valence-corrected chi connectivity index (χ1v) is 7.50. The molecule has 0 saturated heterocycles. The lowest BCUT2D eigenvalue weighted by atomic mass is 9.89. The van der Waals surface area contributed by atoms with Gasteiger partial charge >= 0.3 is 0 Å². The molecule has 0 spiro atoms. The third-order valence-corrected chi connectivity index (χ3v) is 4.46. The van der Waals surface area contributed by atoms with Crippen molar-refractivity contribution in [2.24, 2.45) is 0 Å². The summed E-state index contributed by atoms with van der Waals surface area (Å²) in [5, 5.41) is 0. The lowest BCUT2D eigenvalue weighted by Crippen LogP contribution is -1.98. The van der Waals surface area contributed by atoms with E-state index in [4.69, 9.17) is 0 Å². The molecule has 0 aliphatic heterocycles. The van der Waals surface area contributed by atoms with Crippen molar-refractivity contribution in [2.75, 3.05) is 0 Å². The van der Waals surface area contributed by atoms with E-state index in [2.05, 4.69) is 80.6 Å². The van der Waals surface area contributed by atoms with E-state index in [-0.39, 0.29) is 0 Å². The van der Waals surface area contributed by atoms with Crippen LogP contribution in [-0.2, 0) is 0 Å². The first-order chi connectivity index (χ1) is 10.2. The zero-order valence-electron chi connectivity index (χ0n) is 12.4. The van der Waals surface area contributed by atoms with Crippen LogP contribution < -0.4 is 0 Å². The van der Waals surface area contributed by atoms with Crippen molar-refractivity contribution in [3.63, 3.8) is 0 Å². The van der Waals surface area contributed by atoms with Gasteiger partial charge in [0, 0.05) is 5.92 Å². The van der Waals surface area contributed by atoms with Gasteiger partial charge in [-0.25, -0.2) is 0 Å². The van der Waals surface area contributed by atoms with Gasteiger partial charge < -0.3 is 0 Å². The highest BCUT2D eigenvalue weighted by Crippen LogP contribution is 2.48. The Bertz CT molecular complexity index is 761. The molecule has 0 fully saturated rings. The minimum absolute atomic E-state index is 0.373. The van der Waals surface area contributed by atoms with Crippen LogP contribution in [-0.4, -0.2) is 0 Å². The van der Waals surface area contributed by atoms with Crippen LogP contribution in [0.1, 0.15) is 33.7 Å². The fourth-order valence-corrected chi connectivity index (χ4v) is 3.48. The molecule has 0 radical (unpaired) electrons. The Hall–Kier alpha value is -2.34. The number of fused-ring (bicyclic) bond motifs is 3. The summed E-state index contributed by atoms with van der Waals surface area (Å²) in [6.07, 6.45) is 0. The quantitative estimate of drug-likeness (QED) is 0.430. The van der Waals surface area contributed by atoms with Gasteiger partial charge in [-0.15, -0.1) is 0 Å². The molecule has 0 saturated carbocycles. The van der Waals surface area contributed by atoms with Gasteiger partial charge in [-0.2, -0.15) is 0 Å². The molecular weight excluding hydrogens is 252 g/mol. The predicted octanol–water partition coefficient (Wildman–Crippen LogP) is 5.46. The molecule has 0 aromatic heterocycles. The minimum Gasteiger partial charge on any atom is -0.0622 e.